The van der Waals surface area contributed by atoms with E-state index < -0.39 is 0 Å². The van der Waals surface area contributed by atoms with Crippen LogP contribution in [0.25, 0.3) is 0 Å². The van der Waals surface area contributed by atoms with E-state index in [1.807, 2.05) is 24.3 Å². The average Bonchev–Trinajstić information content (AvgIpc) is 3.16. The van der Waals surface area contributed by atoms with Crippen molar-refractivity contribution in [2.75, 3.05) is 46.4 Å². The zero-order chi connectivity index (χ0) is 18.4. The summed E-state index contributed by atoms with van der Waals surface area (Å²) in [5, 5.41) is 3.03. The van der Waals surface area contributed by atoms with Crippen molar-refractivity contribution in [2.45, 2.75) is 25.5 Å². The first-order valence-corrected chi connectivity index (χ1v) is 9.17. The van der Waals surface area contributed by atoms with Crippen LogP contribution in [0.3, 0.4) is 0 Å². The second kappa shape index (κ2) is 9.00. The van der Waals surface area contributed by atoms with E-state index in [4.69, 9.17) is 9.47 Å². The van der Waals surface area contributed by atoms with Crippen molar-refractivity contribution in [3.8, 4) is 5.75 Å². The van der Waals surface area contributed by atoms with Crippen molar-refractivity contribution >= 4 is 11.8 Å². The van der Waals surface area contributed by atoms with Gasteiger partial charge in [0.05, 0.1) is 26.3 Å². The molecule has 1 N–H and O–H groups in total. The molecule has 0 aromatic heterocycles. The first-order valence-electron chi connectivity index (χ1n) is 9.17. The zero-order valence-corrected chi connectivity index (χ0v) is 15.3. The number of nitrogens with zero attached hydrogens (tertiary/aromatic N) is 2. The molecule has 0 bridgehead atoms. The normalized spacial score (nSPS) is 20.3. The summed E-state index contributed by atoms with van der Waals surface area (Å²) in [5.74, 6) is 0.677. The van der Waals surface area contributed by atoms with E-state index in [2.05, 4.69) is 5.32 Å². The number of benzene rings is 1. The van der Waals surface area contributed by atoms with Crippen molar-refractivity contribution in [1.29, 1.82) is 0 Å². The van der Waals surface area contributed by atoms with Crippen LogP contribution in [-0.2, 0) is 20.9 Å². The molecule has 0 saturated carbocycles. The lowest BCUT2D eigenvalue weighted by Crippen LogP contribution is -2.52. The van der Waals surface area contributed by atoms with E-state index in [9.17, 15) is 9.59 Å². The maximum absolute atomic E-state index is 13.0. The summed E-state index contributed by atoms with van der Waals surface area (Å²) in [4.78, 5) is 28.4. The minimum Gasteiger partial charge on any atom is -0.496 e. The Morgan fingerprint density at radius 1 is 1.42 bits per heavy atom. The van der Waals surface area contributed by atoms with E-state index in [0.717, 1.165) is 37.3 Å². The largest absolute Gasteiger partial charge is 0.496 e. The van der Waals surface area contributed by atoms with E-state index in [0.29, 0.717) is 26.2 Å². The van der Waals surface area contributed by atoms with Crippen molar-refractivity contribution in [1.82, 2.24) is 15.1 Å². The molecule has 2 aliphatic heterocycles. The van der Waals surface area contributed by atoms with Crippen LogP contribution >= 0.6 is 0 Å². The van der Waals surface area contributed by atoms with Gasteiger partial charge in [-0.1, -0.05) is 18.2 Å². The highest BCUT2D eigenvalue weighted by Gasteiger charge is 2.27. The van der Waals surface area contributed by atoms with Crippen LogP contribution in [0.1, 0.15) is 18.4 Å². The Morgan fingerprint density at radius 3 is 3.00 bits per heavy atom. The molecule has 2 heterocycles. The van der Waals surface area contributed by atoms with Crippen LogP contribution in [0, 0.1) is 0 Å². The number of carbonyl (C=O) groups excluding carboxylic acids is 2. The van der Waals surface area contributed by atoms with Gasteiger partial charge in [-0.3, -0.25) is 9.59 Å². The Morgan fingerprint density at radius 2 is 2.27 bits per heavy atom. The fourth-order valence-electron chi connectivity index (χ4n) is 3.40. The molecule has 1 aromatic rings. The lowest BCUT2D eigenvalue weighted by molar-refractivity contribution is -0.142. The van der Waals surface area contributed by atoms with Gasteiger partial charge >= 0.3 is 0 Å². The summed E-state index contributed by atoms with van der Waals surface area (Å²) in [6.45, 7) is 3.43. The molecule has 26 heavy (non-hydrogen) atoms. The third kappa shape index (κ3) is 4.74. The molecule has 3 rings (SSSR count). The minimum absolute atomic E-state index is 0.0287. The third-order valence-electron chi connectivity index (χ3n) is 4.87. The van der Waals surface area contributed by atoms with Gasteiger partial charge in [0.2, 0.25) is 11.8 Å². The summed E-state index contributed by atoms with van der Waals surface area (Å²) in [7, 11) is 1.63. The number of piperazine rings is 1. The van der Waals surface area contributed by atoms with Crippen LogP contribution in [-0.4, -0.2) is 74.2 Å². The van der Waals surface area contributed by atoms with Crippen molar-refractivity contribution in [2.24, 2.45) is 0 Å². The summed E-state index contributed by atoms with van der Waals surface area (Å²) < 4.78 is 11.1. The summed E-state index contributed by atoms with van der Waals surface area (Å²) in [6.07, 6.45) is 2.05. The second-order valence-electron chi connectivity index (χ2n) is 6.71. The van der Waals surface area contributed by atoms with E-state index in [-0.39, 0.29) is 24.5 Å². The van der Waals surface area contributed by atoms with Gasteiger partial charge in [-0.05, 0) is 18.9 Å². The number of hydrogen-bond donors (Lipinski definition) is 1. The van der Waals surface area contributed by atoms with Crippen molar-refractivity contribution in [3.05, 3.63) is 29.8 Å². The van der Waals surface area contributed by atoms with Crippen LogP contribution in [0.15, 0.2) is 24.3 Å². The molecule has 2 fully saturated rings. The Balaban J connectivity index is 1.71. The summed E-state index contributed by atoms with van der Waals surface area (Å²) in [5.41, 5.74) is 0.952. The number of rotatable bonds is 7. The van der Waals surface area contributed by atoms with Gasteiger partial charge < -0.3 is 24.6 Å². The van der Waals surface area contributed by atoms with Crippen molar-refractivity contribution in [3.63, 3.8) is 0 Å². The maximum atomic E-state index is 13.0. The molecule has 7 heteroatoms. The van der Waals surface area contributed by atoms with Crippen LogP contribution in [0.5, 0.6) is 5.75 Å². The minimum atomic E-state index is -0.0540. The SMILES string of the molecule is COc1ccccc1CN(CC1CCCO1)C(=O)CN1CCNCC1=O. The quantitative estimate of drug-likeness (QED) is 0.772. The molecule has 1 atom stereocenters. The standard InChI is InChI=1S/C19H27N3O4/c1-25-17-7-3-2-5-15(17)12-22(13-16-6-4-10-26-16)19(24)14-21-9-8-20-11-18(21)23/h2-3,5,7,16,20H,4,6,8-14H2,1H3. The second-order valence-corrected chi connectivity index (χ2v) is 6.71. The maximum Gasteiger partial charge on any atom is 0.242 e. The van der Waals surface area contributed by atoms with Crippen LogP contribution < -0.4 is 10.1 Å². The van der Waals surface area contributed by atoms with E-state index >= 15 is 0 Å². The third-order valence-corrected chi connectivity index (χ3v) is 4.87. The lowest BCUT2D eigenvalue weighted by atomic mass is 10.1. The van der Waals surface area contributed by atoms with Gasteiger partial charge in [-0.25, -0.2) is 0 Å². The topological polar surface area (TPSA) is 71.1 Å². The highest BCUT2D eigenvalue weighted by atomic mass is 16.5. The Labute approximate surface area is 154 Å². The molecule has 1 aromatic carbocycles. The number of ether oxygens (including phenoxy) is 2. The van der Waals surface area contributed by atoms with Gasteiger partial charge in [0.1, 0.15) is 5.75 Å². The Bertz CT molecular complexity index is 631. The predicted octanol–water partition coefficient (Wildman–Crippen LogP) is 0.635. The molecular weight excluding hydrogens is 334 g/mol. The zero-order valence-electron chi connectivity index (χ0n) is 15.3. The average molecular weight is 361 g/mol. The van der Waals surface area contributed by atoms with Gasteiger partial charge in [-0.2, -0.15) is 0 Å². The number of para-hydroxylation sites is 1. The monoisotopic (exact) mass is 361 g/mol. The van der Waals surface area contributed by atoms with Crippen LogP contribution in [0.4, 0.5) is 0 Å². The number of hydrogen-bond acceptors (Lipinski definition) is 5. The van der Waals surface area contributed by atoms with Gasteiger partial charge in [0.15, 0.2) is 0 Å². The molecule has 2 saturated heterocycles. The number of amides is 2. The van der Waals surface area contributed by atoms with Gasteiger partial charge in [0, 0.05) is 38.3 Å². The van der Waals surface area contributed by atoms with Crippen LogP contribution in [0.2, 0.25) is 0 Å². The predicted molar refractivity (Wildman–Crippen MR) is 96.8 cm³/mol. The molecule has 0 radical (unpaired) electrons. The number of methoxy groups -OCH3 is 1. The Hall–Kier alpha value is -2.12. The van der Waals surface area contributed by atoms with Crippen molar-refractivity contribution < 1.29 is 19.1 Å². The summed E-state index contributed by atoms with van der Waals surface area (Å²) in [6, 6.07) is 7.70. The fourth-order valence-corrected chi connectivity index (χ4v) is 3.40. The molecule has 7 nitrogen and oxygen atoms in total. The molecule has 1 unspecified atom stereocenters. The number of carbonyl (C=O) groups is 2. The molecule has 0 spiro atoms. The van der Waals surface area contributed by atoms with E-state index in [1.165, 1.54) is 0 Å². The molecule has 142 valence electrons. The van der Waals surface area contributed by atoms with Gasteiger partial charge in [0.25, 0.3) is 0 Å². The Kier molecular flexibility index (Phi) is 6.46. The lowest BCUT2D eigenvalue weighted by Gasteiger charge is -2.31. The molecule has 2 aliphatic rings. The summed E-state index contributed by atoms with van der Waals surface area (Å²) >= 11 is 0. The fraction of sp³-hybridized carbons (Fsp3) is 0.579. The first kappa shape index (κ1) is 18.7. The molecular formula is C19H27N3O4. The smallest absolute Gasteiger partial charge is 0.242 e. The van der Waals surface area contributed by atoms with E-state index in [1.54, 1.807) is 16.9 Å². The molecule has 2 amide bonds. The number of nitrogens with one attached hydrogen (secondary N) is 1. The first-order chi connectivity index (χ1) is 12.7. The van der Waals surface area contributed by atoms with Gasteiger partial charge in [-0.15, -0.1) is 0 Å². The highest BCUT2D eigenvalue weighted by molar-refractivity contribution is 5.86. The highest BCUT2D eigenvalue weighted by Crippen LogP contribution is 2.21. The molecule has 0 aliphatic carbocycles.